The van der Waals surface area contributed by atoms with Gasteiger partial charge in [0.1, 0.15) is 18.4 Å². The molecule has 1 aliphatic heterocycles. The first kappa shape index (κ1) is 16.6. The second-order valence-corrected chi connectivity index (χ2v) is 6.83. The molecule has 0 unspecified atom stereocenters. The molecule has 0 spiro atoms. The number of likely N-dealkylation sites (tertiary alicyclic amines) is 1. The fourth-order valence-electron chi connectivity index (χ4n) is 3.19. The Morgan fingerprint density at radius 3 is 2.65 bits per heavy atom. The lowest BCUT2D eigenvalue weighted by Crippen LogP contribution is -2.57. The molecule has 1 saturated carbocycles. The summed E-state index contributed by atoms with van der Waals surface area (Å²) in [5, 5.41) is 3.88. The van der Waals surface area contributed by atoms with Crippen LogP contribution in [0.1, 0.15) is 24.6 Å². The summed E-state index contributed by atoms with van der Waals surface area (Å²) in [5.41, 5.74) is 0.557. The van der Waals surface area contributed by atoms with Gasteiger partial charge in [-0.25, -0.2) is 4.68 Å². The van der Waals surface area contributed by atoms with Gasteiger partial charge < -0.3 is 14.2 Å². The van der Waals surface area contributed by atoms with Gasteiger partial charge in [0, 0.05) is 30.1 Å². The van der Waals surface area contributed by atoms with Gasteiger partial charge in [0.2, 0.25) is 5.91 Å². The molecule has 3 heterocycles. The lowest BCUT2D eigenvalue weighted by atomic mass is 10.1. The van der Waals surface area contributed by atoms with E-state index in [9.17, 15) is 14.4 Å². The summed E-state index contributed by atoms with van der Waals surface area (Å²) in [4.78, 5) is 37.6. The van der Waals surface area contributed by atoms with Crippen molar-refractivity contribution in [2.45, 2.75) is 38.5 Å². The smallest absolute Gasteiger partial charge is 0.267 e. The number of amides is 1. The third-order valence-electron chi connectivity index (χ3n) is 4.72. The van der Waals surface area contributed by atoms with Crippen LogP contribution >= 0.6 is 0 Å². The predicted octanol–water partition coefficient (Wildman–Crippen LogP) is 0.338. The number of hydrogen-bond donors (Lipinski definition) is 0. The van der Waals surface area contributed by atoms with E-state index in [4.69, 9.17) is 4.74 Å². The molecule has 2 fully saturated rings. The average molecular weight is 356 g/mol. The van der Waals surface area contributed by atoms with E-state index in [1.54, 1.807) is 4.90 Å². The molecule has 1 amide bonds. The van der Waals surface area contributed by atoms with Gasteiger partial charge >= 0.3 is 0 Å². The highest BCUT2D eigenvalue weighted by Gasteiger charge is 2.33. The van der Waals surface area contributed by atoms with Gasteiger partial charge in [-0.05, 0) is 31.9 Å². The van der Waals surface area contributed by atoms with E-state index >= 15 is 0 Å². The van der Waals surface area contributed by atoms with Gasteiger partial charge in [-0.2, -0.15) is 5.10 Å². The van der Waals surface area contributed by atoms with Crippen molar-refractivity contribution in [3.05, 3.63) is 56.9 Å². The number of hydrogen-bond acceptors (Lipinski definition) is 5. The lowest BCUT2D eigenvalue weighted by molar-refractivity contribution is -0.140. The molecule has 2 aromatic heterocycles. The van der Waals surface area contributed by atoms with Crippen molar-refractivity contribution in [3.63, 3.8) is 0 Å². The fourth-order valence-corrected chi connectivity index (χ4v) is 3.19. The fraction of sp³-hybridized carbons (Fsp3) is 0.444. The maximum Gasteiger partial charge on any atom is 0.267 e. The van der Waals surface area contributed by atoms with Crippen molar-refractivity contribution in [2.24, 2.45) is 0 Å². The van der Waals surface area contributed by atoms with E-state index < -0.39 is 0 Å². The van der Waals surface area contributed by atoms with Gasteiger partial charge in [-0.1, -0.05) is 0 Å². The standard InChI is InChI=1S/C18H20N4O4/c1-12-7-14(8-17(24)22(12)13-4-5-13)26-15-9-20(10-15)18(25)11-21-16(23)3-2-6-19-21/h2-3,6-8,13,15H,4-5,9-11H2,1H3. The molecule has 136 valence electrons. The number of carbonyl (C=O) groups is 1. The summed E-state index contributed by atoms with van der Waals surface area (Å²) >= 11 is 0. The molecule has 2 aromatic rings. The quantitative estimate of drug-likeness (QED) is 0.771. The number of carbonyl (C=O) groups excluding carboxylic acids is 1. The zero-order chi connectivity index (χ0) is 18.3. The van der Waals surface area contributed by atoms with E-state index in [0.717, 1.165) is 23.2 Å². The minimum atomic E-state index is -0.305. The normalized spacial score (nSPS) is 17.0. The van der Waals surface area contributed by atoms with Gasteiger partial charge in [-0.15, -0.1) is 0 Å². The summed E-state index contributed by atoms with van der Waals surface area (Å²) in [6.45, 7) is 2.70. The summed E-state index contributed by atoms with van der Waals surface area (Å²) in [5.74, 6) is 0.369. The molecule has 1 aliphatic carbocycles. The van der Waals surface area contributed by atoms with Crippen LogP contribution in [-0.4, -0.2) is 44.3 Å². The van der Waals surface area contributed by atoms with Crippen LogP contribution in [-0.2, 0) is 11.3 Å². The molecular weight excluding hydrogens is 336 g/mol. The highest BCUT2D eigenvalue weighted by Crippen LogP contribution is 2.35. The monoisotopic (exact) mass is 356 g/mol. The number of rotatable bonds is 5. The number of aromatic nitrogens is 3. The van der Waals surface area contributed by atoms with E-state index in [0.29, 0.717) is 24.9 Å². The Labute approximate surface area is 149 Å². The molecule has 0 atom stereocenters. The molecular formula is C18H20N4O4. The largest absolute Gasteiger partial charge is 0.486 e. The molecule has 0 bridgehead atoms. The van der Waals surface area contributed by atoms with Crippen LogP contribution in [0.2, 0.25) is 0 Å². The third-order valence-corrected chi connectivity index (χ3v) is 4.72. The first-order chi connectivity index (χ1) is 12.5. The second-order valence-electron chi connectivity index (χ2n) is 6.83. The molecule has 1 saturated heterocycles. The number of ether oxygens (including phenoxy) is 1. The Kier molecular flexibility index (Phi) is 4.10. The zero-order valence-corrected chi connectivity index (χ0v) is 14.5. The average Bonchev–Trinajstić information content (AvgIpc) is 3.36. The van der Waals surface area contributed by atoms with Gasteiger partial charge in [0.15, 0.2) is 0 Å². The highest BCUT2D eigenvalue weighted by atomic mass is 16.5. The van der Waals surface area contributed by atoms with E-state index in [1.807, 2.05) is 17.6 Å². The summed E-state index contributed by atoms with van der Waals surface area (Å²) in [6, 6.07) is 6.63. The molecule has 8 heteroatoms. The Morgan fingerprint density at radius 1 is 1.23 bits per heavy atom. The molecule has 8 nitrogen and oxygen atoms in total. The van der Waals surface area contributed by atoms with Crippen molar-refractivity contribution in [2.75, 3.05) is 13.1 Å². The Hall–Kier alpha value is -2.90. The van der Waals surface area contributed by atoms with Crippen LogP contribution in [0.5, 0.6) is 5.75 Å². The number of pyridine rings is 1. The minimum absolute atomic E-state index is 0.0377. The summed E-state index contributed by atoms with van der Waals surface area (Å²) in [6.07, 6.45) is 3.44. The molecule has 0 radical (unpaired) electrons. The predicted molar refractivity (Wildman–Crippen MR) is 93.2 cm³/mol. The van der Waals surface area contributed by atoms with Crippen LogP contribution < -0.4 is 15.9 Å². The zero-order valence-electron chi connectivity index (χ0n) is 14.5. The van der Waals surface area contributed by atoms with Crippen molar-refractivity contribution < 1.29 is 9.53 Å². The Balaban J connectivity index is 1.34. The lowest BCUT2D eigenvalue weighted by Gasteiger charge is -2.39. The molecule has 26 heavy (non-hydrogen) atoms. The van der Waals surface area contributed by atoms with Crippen molar-refractivity contribution in [1.29, 1.82) is 0 Å². The second kappa shape index (κ2) is 6.44. The van der Waals surface area contributed by atoms with E-state index in [2.05, 4.69) is 5.10 Å². The minimum Gasteiger partial charge on any atom is -0.486 e. The molecule has 0 aromatic carbocycles. The maximum absolute atomic E-state index is 12.2. The van der Waals surface area contributed by atoms with Crippen LogP contribution in [0.3, 0.4) is 0 Å². The van der Waals surface area contributed by atoms with Crippen molar-refractivity contribution in [1.82, 2.24) is 19.2 Å². The summed E-state index contributed by atoms with van der Waals surface area (Å²) in [7, 11) is 0. The van der Waals surface area contributed by atoms with Crippen LogP contribution in [0.25, 0.3) is 0 Å². The van der Waals surface area contributed by atoms with Gasteiger partial charge in [-0.3, -0.25) is 14.4 Å². The van der Waals surface area contributed by atoms with Gasteiger partial charge in [0.25, 0.3) is 11.1 Å². The topological polar surface area (TPSA) is 86.4 Å². The van der Waals surface area contributed by atoms with Gasteiger partial charge in [0.05, 0.1) is 13.1 Å². The summed E-state index contributed by atoms with van der Waals surface area (Å²) < 4.78 is 8.78. The van der Waals surface area contributed by atoms with Crippen molar-refractivity contribution in [3.8, 4) is 5.75 Å². The van der Waals surface area contributed by atoms with Crippen LogP contribution in [0, 0.1) is 6.92 Å². The van der Waals surface area contributed by atoms with E-state index in [-0.39, 0.29) is 29.7 Å². The first-order valence-electron chi connectivity index (χ1n) is 8.71. The number of nitrogens with zero attached hydrogens (tertiary/aromatic N) is 4. The van der Waals surface area contributed by atoms with Crippen LogP contribution in [0.4, 0.5) is 0 Å². The van der Waals surface area contributed by atoms with Crippen LogP contribution in [0.15, 0.2) is 40.1 Å². The van der Waals surface area contributed by atoms with Crippen molar-refractivity contribution >= 4 is 5.91 Å². The molecule has 0 N–H and O–H groups in total. The maximum atomic E-state index is 12.2. The Bertz CT molecular complexity index is 954. The molecule has 2 aliphatic rings. The molecule has 4 rings (SSSR count). The first-order valence-corrected chi connectivity index (χ1v) is 8.71. The highest BCUT2D eigenvalue weighted by molar-refractivity contribution is 5.76. The third kappa shape index (κ3) is 3.26. The number of aryl methyl sites for hydroxylation is 1. The van der Waals surface area contributed by atoms with E-state index in [1.165, 1.54) is 24.4 Å². The SMILES string of the molecule is Cc1cc(OC2CN(C(=O)Cn3ncccc3=O)C2)cc(=O)n1C1CC1. The Morgan fingerprint density at radius 2 is 2.00 bits per heavy atom.